The largest absolute Gasteiger partial charge is 0.392 e. The van der Waals surface area contributed by atoms with Crippen LogP contribution >= 0.6 is 0 Å². The minimum absolute atomic E-state index is 0.103. The van der Waals surface area contributed by atoms with Gasteiger partial charge in [-0.25, -0.2) is 0 Å². The lowest BCUT2D eigenvalue weighted by molar-refractivity contribution is 0.281. The van der Waals surface area contributed by atoms with Gasteiger partial charge in [0.2, 0.25) is 0 Å². The van der Waals surface area contributed by atoms with Crippen molar-refractivity contribution in [2.45, 2.75) is 6.61 Å². The molecular weight excluding hydrogens is 218 g/mol. The standard InChI is InChI=1S/C8H9N3O3S/c9-8-7-5(4-12)2-1-3-6(7)10-15(13,14)11-8/h1-3,10,12H,4H2,(H2,9,11). The van der Waals surface area contributed by atoms with Crippen LogP contribution in [-0.4, -0.2) is 19.4 Å². The molecule has 0 radical (unpaired) electrons. The van der Waals surface area contributed by atoms with Gasteiger partial charge in [0.15, 0.2) is 0 Å². The first-order valence-corrected chi connectivity index (χ1v) is 5.59. The molecule has 0 fully saturated rings. The molecule has 0 atom stereocenters. The van der Waals surface area contributed by atoms with Crippen molar-refractivity contribution < 1.29 is 13.5 Å². The number of benzene rings is 1. The lowest BCUT2D eigenvalue weighted by Gasteiger charge is -2.17. The fourth-order valence-electron chi connectivity index (χ4n) is 1.46. The van der Waals surface area contributed by atoms with E-state index in [0.29, 0.717) is 16.8 Å². The Hall–Kier alpha value is -1.60. The first-order chi connectivity index (χ1) is 7.03. The second kappa shape index (κ2) is 3.21. The van der Waals surface area contributed by atoms with Crippen molar-refractivity contribution in [3.05, 3.63) is 29.3 Å². The van der Waals surface area contributed by atoms with Gasteiger partial charge in [-0.05, 0) is 11.6 Å². The Morgan fingerprint density at radius 1 is 1.47 bits per heavy atom. The molecule has 0 unspecified atom stereocenters. The lowest BCUT2D eigenvalue weighted by Crippen LogP contribution is -2.27. The van der Waals surface area contributed by atoms with Crippen LogP contribution in [0.25, 0.3) is 0 Å². The summed E-state index contributed by atoms with van der Waals surface area (Å²) >= 11 is 0. The zero-order chi connectivity index (χ0) is 11.1. The maximum absolute atomic E-state index is 11.2. The minimum Gasteiger partial charge on any atom is -0.392 e. The molecule has 1 heterocycles. The third-order valence-corrected chi connectivity index (χ3v) is 2.95. The predicted molar refractivity (Wildman–Crippen MR) is 55.6 cm³/mol. The second-order valence-corrected chi connectivity index (χ2v) is 4.39. The van der Waals surface area contributed by atoms with E-state index in [1.54, 1.807) is 18.2 Å². The summed E-state index contributed by atoms with van der Waals surface area (Å²) in [4.78, 5) is 0. The Bertz CT molecular complexity index is 536. The smallest absolute Gasteiger partial charge is 0.344 e. The molecule has 0 saturated carbocycles. The van der Waals surface area contributed by atoms with Gasteiger partial charge in [-0.2, -0.15) is 8.42 Å². The van der Waals surface area contributed by atoms with Crippen LogP contribution in [0, 0.1) is 0 Å². The quantitative estimate of drug-likeness (QED) is 0.604. The average Bonchev–Trinajstić information content (AvgIpc) is 2.14. The van der Waals surface area contributed by atoms with E-state index in [0.717, 1.165) is 0 Å². The molecule has 4 N–H and O–H groups in total. The maximum atomic E-state index is 11.2. The van der Waals surface area contributed by atoms with Crippen molar-refractivity contribution >= 4 is 21.7 Å². The zero-order valence-electron chi connectivity index (χ0n) is 7.64. The summed E-state index contributed by atoms with van der Waals surface area (Å²) < 4.78 is 27.9. The number of anilines is 1. The van der Waals surface area contributed by atoms with Crippen LogP contribution in [0.2, 0.25) is 0 Å². The number of amidine groups is 1. The van der Waals surface area contributed by atoms with E-state index < -0.39 is 10.2 Å². The SMILES string of the molecule is NC1=NS(=O)(=O)Nc2cccc(CO)c21. The van der Waals surface area contributed by atoms with E-state index in [9.17, 15) is 8.42 Å². The van der Waals surface area contributed by atoms with E-state index >= 15 is 0 Å². The number of aliphatic hydroxyl groups is 1. The number of hydrogen-bond acceptors (Lipinski definition) is 4. The highest BCUT2D eigenvalue weighted by Gasteiger charge is 2.22. The molecule has 6 nitrogen and oxygen atoms in total. The molecular formula is C8H9N3O3S. The fraction of sp³-hybridized carbons (Fsp3) is 0.125. The molecule has 0 spiro atoms. The van der Waals surface area contributed by atoms with Gasteiger partial charge in [-0.15, -0.1) is 4.40 Å². The Morgan fingerprint density at radius 2 is 2.20 bits per heavy atom. The van der Waals surface area contributed by atoms with Gasteiger partial charge in [-0.3, -0.25) is 4.72 Å². The van der Waals surface area contributed by atoms with Gasteiger partial charge in [0, 0.05) is 5.56 Å². The van der Waals surface area contributed by atoms with Crippen molar-refractivity contribution in [3.63, 3.8) is 0 Å². The summed E-state index contributed by atoms with van der Waals surface area (Å²) in [6, 6.07) is 4.85. The number of hydrogen-bond donors (Lipinski definition) is 3. The monoisotopic (exact) mass is 227 g/mol. The minimum atomic E-state index is -3.74. The number of nitrogens with two attached hydrogens (primary N) is 1. The molecule has 1 aromatic rings. The Labute approximate surface area is 86.6 Å². The van der Waals surface area contributed by atoms with Gasteiger partial charge in [0.25, 0.3) is 0 Å². The van der Waals surface area contributed by atoms with Crippen molar-refractivity contribution in [3.8, 4) is 0 Å². The summed E-state index contributed by atoms with van der Waals surface area (Å²) in [5, 5.41) is 9.05. The molecule has 0 aliphatic carbocycles. The summed E-state index contributed by atoms with van der Waals surface area (Å²) in [6.45, 7) is -0.221. The normalized spacial score (nSPS) is 17.5. The van der Waals surface area contributed by atoms with E-state index in [1.807, 2.05) is 0 Å². The molecule has 80 valence electrons. The number of aliphatic hydroxyl groups excluding tert-OH is 1. The van der Waals surface area contributed by atoms with E-state index in [2.05, 4.69) is 9.12 Å². The van der Waals surface area contributed by atoms with Gasteiger partial charge in [0.1, 0.15) is 5.84 Å². The van der Waals surface area contributed by atoms with Crippen LogP contribution in [-0.2, 0) is 16.8 Å². The maximum Gasteiger partial charge on any atom is 0.344 e. The highest BCUT2D eigenvalue weighted by Crippen LogP contribution is 2.25. The van der Waals surface area contributed by atoms with Crippen molar-refractivity contribution in [2.75, 3.05) is 4.72 Å². The first-order valence-electron chi connectivity index (χ1n) is 4.15. The fourth-order valence-corrected chi connectivity index (χ4v) is 2.30. The van der Waals surface area contributed by atoms with Crippen LogP contribution < -0.4 is 10.5 Å². The summed E-state index contributed by atoms with van der Waals surface area (Å²) in [5.41, 5.74) is 6.84. The number of rotatable bonds is 1. The van der Waals surface area contributed by atoms with E-state index in [1.165, 1.54) is 0 Å². The predicted octanol–water partition coefficient (Wildman–Crippen LogP) is -0.446. The summed E-state index contributed by atoms with van der Waals surface area (Å²) in [7, 11) is -3.74. The number of nitrogens with zero attached hydrogens (tertiary/aromatic N) is 1. The Kier molecular flexibility index (Phi) is 2.13. The summed E-state index contributed by atoms with van der Waals surface area (Å²) in [5.74, 6) is -0.103. The van der Waals surface area contributed by atoms with Gasteiger partial charge < -0.3 is 10.8 Å². The average molecular weight is 227 g/mol. The molecule has 2 rings (SSSR count). The molecule has 0 amide bonds. The van der Waals surface area contributed by atoms with Crippen LogP contribution in [0.5, 0.6) is 0 Å². The van der Waals surface area contributed by atoms with Gasteiger partial charge >= 0.3 is 10.2 Å². The van der Waals surface area contributed by atoms with Crippen LogP contribution in [0.15, 0.2) is 22.6 Å². The molecule has 0 saturated heterocycles. The highest BCUT2D eigenvalue weighted by molar-refractivity contribution is 7.91. The second-order valence-electron chi connectivity index (χ2n) is 3.05. The van der Waals surface area contributed by atoms with Crippen LogP contribution in [0.4, 0.5) is 5.69 Å². The van der Waals surface area contributed by atoms with Crippen molar-refractivity contribution in [1.82, 2.24) is 0 Å². The first kappa shape index (κ1) is 9.94. The summed E-state index contributed by atoms with van der Waals surface area (Å²) in [6.07, 6.45) is 0. The number of fused-ring (bicyclic) bond motifs is 1. The van der Waals surface area contributed by atoms with Gasteiger partial charge in [-0.1, -0.05) is 12.1 Å². The van der Waals surface area contributed by atoms with E-state index in [4.69, 9.17) is 10.8 Å². The molecule has 15 heavy (non-hydrogen) atoms. The molecule has 0 bridgehead atoms. The van der Waals surface area contributed by atoms with Gasteiger partial charge in [0.05, 0.1) is 12.3 Å². The Balaban J connectivity index is 2.70. The molecule has 1 aliphatic rings. The third kappa shape index (κ3) is 1.66. The lowest BCUT2D eigenvalue weighted by atomic mass is 10.1. The topological polar surface area (TPSA) is 105 Å². The Morgan fingerprint density at radius 3 is 2.87 bits per heavy atom. The number of nitrogens with one attached hydrogen (secondary N) is 1. The van der Waals surface area contributed by atoms with Crippen molar-refractivity contribution in [1.29, 1.82) is 0 Å². The van der Waals surface area contributed by atoms with Crippen molar-refractivity contribution in [2.24, 2.45) is 10.1 Å². The third-order valence-electron chi connectivity index (χ3n) is 2.03. The highest BCUT2D eigenvalue weighted by atomic mass is 32.2. The molecule has 1 aliphatic heterocycles. The van der Waals surface area contributed by atoms with E-state index in [-0.39, 0.29) is 12.4 Å². The molecule has 7 heteroatoms. The van der Waals surface area contributed by atoms with Crippen LogP contribution in [0.3, 0.4) is 0 Å². The zero-order valence-corrected chi connectivity index (χ0v) is 8.45. The molecule has 0 aromatic heterocycles. The molecule has 1 aromatic carbocycles. The van der Waals surface area contributed by atoms with Crippen LogP contribution in [0.1, 0.15) is 11.1 Å².